The Hall–Kier alpha value is -2.41. The minimum absolute atomic E-state index is 0.00965. The fraction of sp³-hybridized carbons (Fsp3) is 0.519. The number of carbonyl (C=O) groups excluding carboxylic acids is 1. The number of amides is 1. The minimum atomic E-state index is -0.00965. The monoisotopic (exact) mass is 450 g/mol. The van der Waals surface area contributed by atoms with E-state index in [2.05, 4.69) is 64.3 Å². The van der Waals surface area contributed by atoms with Crippen LogP contribution in [0.2, 0.25) is 0 Å². The summed E-state index contributed by atoms with van der Waals surface area (Å²) in [5.41, 5.74) is 3.77. The summed E-state index contributed by atoms with van der Waals surface area (Å²) in [5.74, 6) is 1.24. The third-order valence-electron chi connectivity index (χ3n) is 7.05. The van der Waals surface area contributed by atoms with Crippen molar-refractivity contribution in [3.63, 3.8) is 0 Å². The molecule has 178 valence electrons. The van der Waals surface area contributed by atoms with Gasteiger partial charge in [0.15, 0.2) is 0 Å². The van der Waals surface area contributed by atoms with Crippen molar-refractivity contribution in [2.75, 3.05) is 46.9 Å². The molecule has 2 aromatic rings. The Kier molecular flexibility index (Phi) is 8.37. The highest BCUT2D eigenvalue weighted by atomic mass is 16.5. The van der Waals surface area contributed by atoms with Crippen molar-refractivity contribution < 1.29 is 9.53 Å². The first-order chi connectivity index (χ1) is 16.1. The largest absolute Gasteiger partial charge is 0.497 e. The molecule has 0 bridgehead atoms. The lowest BCUT2D eigenvalue weighted by Crippen LogP contribution is -2.39. The first kappa shape index (κ1) is 23.7. The second-order valence-electron chi connectivity index (χ2n) is 9.47. The maximum Gasteiger partial charge on any atom is 0.225 e. The van der Waals surface area contributed by atoms with Crippen molar-refractivity contribution in [1.82, 2.24) is 20.9 Å². The standard InChI is InChI=1S/C27H38N4O2/c1-31-18-25(22-7-3-21(4-8-22)17-30-23-12-14-28-15-13-23)26(19-31)27(32)29-16-11-20-5-9-24(33-2)10-6-20/h3-10,23,25-26,28,30H,11-19H2,1-2H3,(H,29,32)/t25-,26-/m0/s1. The minimum Gasteiger partial charge on any atom is -0.497 e. The summed E-state index contributed by atoms with van der Waals surface area (Å²) in [6, 6.07) is 17.5. The highest BCUT2D eigenvalue weighted by molar-refractivity contribution is 5.80. The molecule has 6 nitrogen and oxygen atoms in total. The Labute approximate surface area is 198 Å². The van der Waals surface area contributed by atoms with E-state index in [-0.39, 0.29) is 17.7 Å². The van der Waals surface area contributed by atoms with Crippen molar-refractivity contribution in [3.8, 4) is 5.75 Å². The fourth-order valence-corrected chi connectivity index (χ4v) is 5.03. The van der Waals surface area contributed by atoms with Gasteiger partial charge in [0.2, 0.25) is 5.91 Å². The molecule has 0 unspecified atom stereocenters. The van der Waals surface area contributed by atoms with Crippen LogP contribution in [0.1, 0.15) is 35.4 Å². The van der Waals surface area contributed by atoms with Crippen LogP contribution in [-0.2, 0) is 17.8 Å². The average Bonchev–Trinajstić information content (AvgIpc) is 3.26. The SMILES string of the molecule is COc1ccc(CCNC(=O)[C@H]2CN(C)C[C@H]2c2ccc(CNC3CCNCC3)cc2)cc1. The molecule has 3 N–H and O–H groups in total. The van der Waals surface area contributed by atoms with Gasteiger partial charge in [0, 0.05) is 38.1 Å². The predicted molar refractivity (Wildman–Crippen MR) is 133 cm³/mol. The topological polar surface area (TPSA) is 65.6 Å². The number of nitrogens with one attached hydrogen (secondary N) is 3. The molecule has 0 radical (unpaired) electrons. The van der Waals surface area contributed by atoms with Crippen LogP contribution in [0.25, 0.3) is 0 Å². The van der Waals surface area contributed by atoms with Crippen molar-refractivity contribution in [2.24, 2.45) is 5.92 Å². The van der Waals surface area contributed by atoms with Gasteiger partial charge in [-0.1, -0.05) is 36.4 Å². The Morgan fingerprint density at radius 1 is 1.03 bits per heavy atom. The number of piperidine rings is 1. The van der Waals surface area contributed by atoms with Crippen molar-refractivity contribution >= 4 is 5.91 Å². The van der Waals surface area contributed by atoms with E-state index in [1.54, 1.807) is 7.11 Å². The number of hydrogen-bond acceptors (Lipinski definition) is 5. The summed E-state index contributed by atoms with van der Waals surface area (Å²) in [7, 11) is 3.78. The highest BCUT2D eigenvalue weighted by Gasteiger charge is 2.36. The number of ether oxygens (including phenoxy) is 1. The van der Waals surface area contributed by atoms with Gasteiger partial charge < -0.3 is 25.6 Å². The molecule has 2 aliphatic heterocycles. The molecule has 2 heterocycles. The maximum atomic E-state index is 13.0. The molecule has 2 fully saturated rings. The predicted octanol–water partition coefficient (Wildman–Crippen LogP) is 2.54. The Morgan fingerprint density at radius 3 is 2.42 bits per heavy atom. The molecule has 2 atom stereocenters. The van der Waals surface area contributed by atoms with Gasteiger partial charge in [0.1, 0.15) is 5.75 Å². The van der Waals surface area contributed by atoms with Crippen molar-refractivity contribution in [2.45, 2.75) is 37.8 Å². The molecule has 4 rings (SSSR count). The van der Waals surface area contributed by atoms with E-state index in [1.807, 2.05) is 12.1 Å². The van der Waals surface area contributed by atoms with Crippen LogP contribution in [0.15, 0.2) is 48.5 Å². The quantitative estimate of drug-likeness (QED) is 0.548. The zero-order chi connectivity index (χ0) is 23.0. The van der Waals surface area contributed by atoms with E-state index < -0.39 is 0 Å². The lowest BCUT2D eigenvalue weighted by molar-refractivity contribution is -0.124. The number of hydrogen-bond donors (Lipinski definition) is 3. The molecule has 33 heavy (non-hydrogen) atoms. The zero-order valence-electron chi connectivity index (χ0n) is 20.0. The lowest BCUT2D eigenvalue weighted by Gasteiger charge is -2.24. The third kappa shape index (κ3) is 6.56. The van der Waals surface area contributed by atoms with E-state index in [0.29, 0.717) is 12.6 Å². The van der Waals surface area contributed by atoms with Crippen molar-refractivity contribution in [3.05, 3.63) is 65.2 Å². The summed E-state index contributed by atoms with van der Waals surface area (Å²) in [6.45, 7) is 5.50. The zero-order valence-corrected chi connectivity index (χ0v) is 20.0. The molecule has 6 heteroatoms. The number of rotatable bonds is 9. The molecule has 0 aromatic heterocycles. The number of nitrogens with zero attached hydrogens (tertiary/aromatic N) is 1. The number of benzene rings is 2. The van der Waals surface area contributed by atoms with Crippen LogP contribution in [0, 0.1) is 5.92 Å². The van der Waals surface area contributed by atoms with Gasteiger partial charge in [-0.05, 0) is 68.2 Å². The Morgan fingerprint density at radius 2 is 1.73 bits per heavy atom. The molecular weight excluding hydrogens is 412 g/mol. The van der Waals surface area contributed by atoms with E-state index in [0.717, 1.165) is 44.9 Å². The van der Waals surface area contributed by atoms with E-state index >= 15 is 0 Å². The normalized spacial score (nSPS) is 21.8. The van der Waals surface area contributed by atoms with Gasteiger partial charge in [0.25, 0.3) is 0 Å². The van der Waals surface area contributed by atoms with Gasteiger partial charge in [0.05, 0.1) is 13.0 Å². The number of methoxy groups -OCH3 is 1. The van der Waals surface area contributed by atoms with E-state index in [1.165, 1.54) is 29.5 Å². The van der Waals surface area contributed by atoms with Crippen LogP contribution in [-0.4, -0.2) is 63.7 Å². The molecule has 2 saturated heterocycles. The van der Waals surface area contributed by atoms with Crippen LogP contribution < -0.4 is 20.7 Å². The van der Waals surface area contributed by atoms with Crippen LogP contribution >= 0.6 is 0 Å². The van der Waals surface area contributed by atoms with Crippen LogP contribution in [0.3, 0.4) is 0 Å². The second-order valence-corrected chi connectivity index (χ2v) is 9.47. The molecular formula is C27H38N4O2. The Balaban J connectivity index is 1.29. The number of carbonyl (C=O) groups is 1. The highest BCUT2D eigenvalue weighted by Crippen LogP contribution is 2.32. The molecule has 0 saturated carbocycles. The molecule has 2 aliphatic rings. The Bertz CT molecular complexity index is 878. The summed E-state index contributed by atoms with van der Waals surface area (Å²) < 4.78 is 5.21. The van der Waals surface area contributed by atoms with Gasteiger partial charge in [-0.2, -0.15) is 0 Å². The van der Waals surface area contributed by atoms with Gasteiger partial charge >= 0.3 is 0 Å². The van der Waals surface area contributed by atoms with Gasteiger partial charge in [-0.15, -0.1) is 0 Å². The number of likely N-dealkylation sites (N-methyl/N-ethyl adjacent to an activating group) is 1. The fourth-order valence-electron chi connectivity index (χ4n) is 5.03. The number of likely N-dealkylation sites (tertiary alicyclic amines) is 1. The first-order valence-electron chi connectivity index (χ1n) is 12.2. The van der Waals surface area contributed by atoms with Crippen LogP contribution in [0.4, 0.5) is 0 Å². The average molecular weight is 451 g/mol. The third-order valence-corrected chi connectivity index (χ3v) is 7.05. The molecule has 2 aromatic carbocycles. The summed E-state index contributed by atoms with van der Waals surface area (Å²) in [5, 5.41) is 10.3. The molecule has 0 aliphatic carbocycles. The van der Waals surface area contributed by atoms with E-state index in [9.17, 15) is 4.79 Å². The molecule has 0 spiro atoms. The smallest absolute Gasteiger partial charge is 0.225 e. The summed E-state index contributed by atoms with van der Waals surface area (Å²) >= 11 is 0. The lowest BCUT2D eigenvalue weighted by atomic mass is 9.88. The maximum absolute atomic E-state index is 13.0. The van der Waals surface area contributed by atoms with Crippen molar-refractivity contribution in [1.29, 1.82) is 0 Å². The summed E-state index contributed by atoms with van der Waals surface area (Å²) in [6.07, 6.45) is 3.21. The molecule has 1 amide bonds. The second kappa shape index (κ2) is 11.6. The van der Waals surface area contributed by atoms with Gasteiger partial charge in [-0.3, -0.25) is 4.79 Å². The van der Waals surface area contributed by atoms with E-state index in [4.69, 9.17) is 4.74 Å². The summed E-state index contributed by atoms with van der Waals surface area (Å²) in [4.78, 5) is 15.3. The van der Waals surface area contributed by atoms with Crippen LogP contribution in [0.5, 0.6) is 5.75 Å². The van der Waals surface area contributed by atoms with Gasteiger partial charge in [-0.25, -0.2) is 0 Å². The first-order valence-corrected chi connectivity index (χ1v) is 12.2.